The van der Waals surface area contributed by atoms with Crippen LogP contribution in [0.25, 0.3) is 0 Å². The van der Waals surface area contributed by atoms with Gasteiger partial charge in [-0.25, -0.2) is 10.2 Å². The van der Waals surface area contributed by atoms with Crippen molar-refractivity contribution < 1.29 is 14.3 Å². The summed E-state index contributed by atoms with van der Waals surface area (Å²) in [6, 6.07) is -0.572. The Morgan fingerprint density at radius 2 is 2.45 bits per heavy atom. The molecule has 1 rings (SSSR count). The average molecular weight is 156 g/mol. The third-order valence-corrected chi connectivity index (χ3v) is 1.25. The molecule has 0 aromatic rings. The number of hydrogen-bond acceptors (Lipinski definition) is 4. The maximum Gasteiger partial charge on any atom is 0.328 e. The number of amides is 1. The van der Waals surface area contributed by atoms with Gasteiger partial charge < -0.3 is 4.74 Å². The second kappa shape index (κ2) is 3.16. The van der Waals surface area contributed by atoms with Gasteiger partial charge in [-0.05, 0) is 6.08 Å². The van der Waals surface area contributed by atoms with Crippen molar-refractivity contribution in [1.82, 2.24) is 10.9 Å². The molecule has 0 radical (unpaired) electrons. The van der Waals surface area contributed by atoms with E-state index >= 15 is 0 Å². The van der Waals surface area contributed by atoms with Gasteiger partial charge in [0.2, 0.25) is 0 Å². The number of carbonyl (C=O) groups excluding carboxylic acids is 2. The van der Waals surface area contributed by atoms with Crippen LogP contribution in [-0.4, -0.2) is 25.0 Å². The molecule has 0 saturated heterocycles. The molecule has 11 heavy (non-hydrogen) atoms. The summed E-state index contributed by atoms with van der Waals surface area (Å²) >= 11 is 0. The minimum absolute atomic E-state index is 0.273. The van der Waals surface area contributed by atoms with Crippen LogP contribution in [0.3, 0.4) is 0 Å². The molecule has 0 fully saturated rings. The highest BCUT2D eigenvalue weighted by Crippen LogP contribution is 1.92. The molecule has 5 nitrogen and oxygen atoms in total. The molecule has 1 heterocycles. The van der Waals surface area contributed by atoms with Crippen LogP contribution in [0.15, 0.2) is 12.2 Å². The van der Waals surface area contributed by atoms with Crippen LogP contribution in [0.4, 0.5) is 0 Å². The lowest BCUT2D eigenvalue weighted by Crippen LogP contribution is -2.50. The van der Waals surface area contributed by atoms with Crippen LogP contribution < -0.4 is 10.9 Å². The van der Waals surface area contributed by atoms with Crippen molar-refractivity contribution in [1.29, 1.82) is 0 Å². The molecule has 0 aromatic carbocycles. The second-order valence-electron chi connectivity index (χ2n) is 1.99. The highest BCUT2D eigenvalue weighted by Gasteiger charge is 2.18. The molecule has 0 unspecified atom stereocenters. The van der Waals surface area contributed by atoms with Crippen LogP contribution in [-0.2, 0) is 14.3 Å². The van der Waals surface area contributed by atoms with E-state index in [1.165, 1.54) is 19.3 Å². The van der Waals surface area contributed by atoms with Crippen molar-refractivity contribution in [2.75, 3.05) is 7.11 Å². The smallest absolute Gasteiger partial charge is 0.328 e. The average Bonchev–Trinajstić information content (AvgIpc) is 2.05. The molecule has 1 aliphatic heterocycles. The molecule has 1 atom stereocenters. The van der Waals surface area contributed by atoms with E-state index in [9.17, 15) is 9.59 Å². The number of rotatable bonds is 1. The van der Waals surface area contributed by atoms with Crippen molar-refractivity contribution in [3.63, 3.8) is 0 Å². The minimum Gasteiger partial charge on any atom is -0.468 e. The Morgan fingerprint density at radius 3 is 2.91 bits per heavy atom. The number of ether oxygens (including phenoxy) is 1. The second-order valence-corrected chi connectivity index (χ2v) is 1.99. The predicted molar refractivity (Wildman–Crippen MR) is 36.2 cm³/mol. The summed E-state index contributed by atoms with van der Waals surface area (Å²) in [4.78, 5) is 21.3. The maximum absolute atomic E-state index is 10.8. The molecule has 0 spiro atoms. The first-order valence-electron chi connectivity index (χ1n) is 3.05. The van der Waals surface area contributed by atoms with Gasteiger partial charge in [-0.1, -0.05) is 0 Å². The molecule has 60 valence electrons. The molecule has 1 aliphatic rings. The summed E-state index contributed by atoms with van der Waals surface area (Å²) in [5.41, 5.74) is 4.73. The number of methoxy groups -OCH3 is 1. The highest BCUT2D eigenvalue weighted by atomic mass is 16.5. The SMILES string of the molecule is COC(=O)[C@@H]1C=CC(=O)NN1. The monoisotopic (exact) mass is 156 g/mol. The van der Waals surface area contributed by atoms with Gasteiger partial charge >= 0.3 is 5.97 Å². The van der Waals surface area contributed by atoms with Crippen LogP contribution in [0.1, 0.15) is 0 Å². The lowest BCUT2D eigenvalue weighted by molar-refractivity contribution is -0.142. The summed E-state index contributed by atoms with van der Waals surface area (Å²) in [7, 11) is 1.29. The van der Waals surface area contributed by atoms with Crippen molar-refractivity contribution in [2.24, 2.45) is 0 Å². The Hall–Kier alpha value is -1.36. The van der Waals surface area contributed by atoms with E-state index in [4.69, 9.17) is 0 Å². The zero-order valence-electron chi connectivity index (χ0n) is 5.96. The fraction of sp³-hybridized carbons (Fsp3) is 0.333. The molecule has 5 heteroatoms. The zero-order valence-corrected chi connectivity index (χ0v) is 5.96. The summed E-state index contributed by atoms with van der Waals surface area (Å²) in [5, 5.41) is 0. The maximum atomic E-state index is 10.8. The fourth-order valence-corrected chi connectivity index (χ4v) is 0.687. The third kappa shape index (κ3) is 1.78. The Bertz CT molecular complexity index is 212. The number of carbonyl (C=O) groups is 2. The Labute approximate surface area is 63.4 Å². The summed E-state index contributed by atoms with van der Waals surface area (Å²) in [6.45, 7) is 0. The number of hydrazine groups is 1. The van der Waals surface area contributed by atoms with Gasteiger partial charge in [0.05, 0.1) is 7.11 Å². The number of nitrogens with one attached hydrogen (secondary N) is 2. The van der Waals surface area contributed by atoms with Crippen molar-refractivity contribution >= 4 is 11.9 Å². The van der Waals surface area contributed by atoms with Gasteiger partial charge in [0.15, 0.2) is 0 Å². The normalized spacial score (nSPS) is 22.6. The molecular formula is C6H8N2O3. The predicted octanol–water partition coefficient (Wildman–Crippen LogP) is -1.28. The molecule has 0 aliphatic carbocycles. The van der Waals surface area contributed by atoms with E-state index in [-0.39, 0.29) is 5.91 Å². The minimum atomic E-state index is -0.572. The largest absolute Gasteiger partial charge is 0.468 e. The molecule has 0 saturated carbocycles. The van der Waals surface area contributed by atoms with Crippen LogP contribution >= 0.6 is 0 Å². The lowest BCUT2D eigenvalue weighted by Gasteiger charge is -2.15. The van der Waals surface area contributed by atoms with Crippen molar-refractivity contribution in [3.05, 3.63) is 12.2 Å². The number of esters is 1. The lowest BCUT2D eigenvalue weighted by atomic mass is 10.2. The van der Waals surface area contributed by atoms with E-state index in [2.05, 4.69) is 15.6 Å². The quantitative estimate of drug-likeness (QED) is 0.464. The van der Waals surface area contributed by atoms with Crippen molar-refractivity contribution in [2.45, 2.75) is 6.04 Å². The van der Waals surface area contributed by atoms with Crippen molar-refractivity contribution in [3.8, 4) is 0 Å². The van der Waals surface area contributed by atoms with Crippen LogP contribution in [0.2, 0.25) is 0 Å². The highest BCUT2D eigenvalue weighted by molar-refractivity contribution is 5.91. The third-order valence-electron chi connectivity index (χ3n) is 1.25. The van der Waals surface area contributed by atoms with Gasteiger partial charge in [0, 0.05) is 6.08 Å². The first-order valence-corrected chi connectivity index (χ1v) is 3.05. The van der Waals surface area contributed by atoms with E-state index in [1.54, 1.807) is 0 Å². The summed E-state index contributed by atoms with van der Waals surface area (Å²) in [6.07, 6.45) is 2.71. The molecule has 2 N–H and O–H groups in total. The first-order chi connectivity index (χ1) is 5.24. The Kier molecular flexibility index (Phi) is 2.22. The van der Waals surface area contributed by atoms with E-state index in [0.29, 0.717) is 0 Å². The summed E-state index contributed by atoms with van der Waals surface area (Å²) < 4.78 is 4.42. The van der Waals surface area contributed by atoms with Crippen LogP contribution in [0, 0.1) is 0 Å². The standard InChI is InChI=1S/C6H8N2O3/c1-11-6(10)4-2-3-5(9)8-7-4/h2-4,7H,1H3,(H,8,9)/t4-/m0/s1. The fourth-order valence-electron chi connectivity index (χ4n) is 0.687. The van der Waals surface area contributed by atoms with Gasteiger partial charge in [0.25, 0.3) is 5.91 Å². The van der Waals surface area contributed by atoms with E-state index in [0.717, 1.165) is 0 Å². The molecule has 0 bridgehead atoms. The van der Waals surface area contributed by atoms with Gasteiger partial charge in [0.1, 0.15) is 6.04 Å². The number of hydrogen-bond donors (Lipinski definition) is 2. The Morgan fingerprint density at radius 1 is 1.73 bits per heavy atom. The summed E-state index contributed by atoms with van der Waals surface area (Å²) in [5.74, 6) is -0.702. The van der Waals surface area contributed by atoms with Gasteiger partial charge in [-0.3, -0.25) is 10.2 Å². The zero-order chi connectivity index (χ0) is 8.27. The topological polar surface area (TPSA) is 67.4 Å². The van der Waals surface area contributed by atoms with E-state index < -0.39 is 12.0 Å². The molecular weight excluding hydrogens is 148 g/mol. The first kappa shape index (κ1) is 7.74. The Balaban J connectivity index is 2.57. The van der Waals surface area contributed by atoms with Gasteiger partial charge in [-0.2, -0.15) is 0 Å². The molecule has 0 aromatic heterocycles. The van der Waals surface area contributed by atoms with Crippen LogP contribution in [0.5, 0.6) is 0 Å². The molecule has 1 amide bonds. The van der Waals surface area contributed by atoms with E-state index in [1.807, 2.05) is 0 Å². The van der Waals surface area contributed by atoms with Gasteiger partial charge in [-0.15, -0.1) is 0 Å².